The van der Waals surface area contributed by atoms with Gasteiger partial charge in [0, 0.05) is 25.3 Å². The van der Waals surface area contributed by atoms with Gasteiger partial charge in [-0.1, -0.05) is 6.08 Å². The zero-order valence-corrected chi connectivity index (χ0v) is 12.6. The number of rotatable bonds is 6. The molecule has 0 aromatic heterocycles. The molecule has 19 heavy (non-hydrogen) atoms. The second-order valence-electron chi connectivity index (χ2n) is 5.43. The summed E-state index contributed by atoms with van der Waals surface area (Å²) in [6, 6.07) is 7.72. The highest BCUT2D eigenvalue weighted by molar-refractivity contribution is 6.03. The zero-order valence-electron chi connectivity index (χ0n) is 12.6. The smallest absolute Gasteiger partial charge is 0.183 e. The van der Waals surface area contributed by atoms with Crippen LogP contribution in [-0.2, 0) is 0 Å². The summed E-state index contributed by atoms with van der Waals surface area (Å²) in [6.07, 6.45) is 2.43. The van der Waals surface area contributed by atoms with Gasteiger partial charge in [-0.15, -0.1) is 6.58 Å². The second kappa shape index (κ2) is 6.02. The number of hydrogen-bond donors (Lipinski definition) is 0. The molecule has 0 bridgehead atoms. The van der Waals surface area contributed by atoms with Gasteiger partial charge in [0.05, 0.1) is 5.54 Å². The van der Waals surface area contributed by atoms with Crippen LogP contribution in [-0.4, -0.2) is 44.4 Å². The summed E-state index contributed by atoms with van der Waals surface area (Å²) in [5.74, 6) is 0.128. The van der Waals surface area contributed by atoms with Crippen molar-refractivity contribution < 1.29 is 4.79 Å². The van der Waals surface area contributed by atoms with E-state index in [0.717, 1.165) is 11.3 Å². The van der Waals surface area contributed by atoms with Gasteiger partial charge in [0.2, 0.25) is 0 Å². The molecule has 0 aliphatic heterocycles. The van der Waals surface area contributed by atoms with Crippen LogP contribution in [0.25, 0.3) is 0 Å². The molecular formula is C16H24N2O. The summed E-state index contributed by atoms with van der Waals surface area (Å²) < 4.78 is 0. The molecule has 0 spiro atoms. The van der Waals surface area contributed by atoms with Crippen LogP contribution in [0.15, 0.2) is 36.9 Å². The molecule has 1 atom stereocenters. The average Bonchev–Trinajstić information content (AvgIpc) is 2.37. The molecule has 1 aromatic rings. The fourth-order valence-electron chi connectivity index (χ4n) is 1.98. The number of carbonyl (C=O) groups excluding carboxylic acids is 1. The molecule has 0 radical (unpaired) electrons. The Morgan fingerprint density at radius 3 is 2.11 bits per heavy atom. The Morgan fingerprint density at radius 2 is 1.74 bits per heavy atom. The number of ketones is 1. The van der Waals surface area contributed by atoms with Crippen molar-refractivity contribution in [2.45, 2.75) is 18.9 Å². The topological polar surface area (TPSA) is 23.6 Å². The molecule has 0 amide bonds. The maximum absolute atomic E-state index is 12.7. The van der Waals surface area contributed by atoms with Crippen LogP contribution >= 0.6 is 0 Å². The van der Waals surface area contributed by atoms with Crippen molar-refractivity contribution in [1.29, 1.82) is 0 Å². The van der Waals surface area contributed by atoms with E-state index in [-0.39, 0.29) is 5.78 Å². The first-order valence-corrected chi connectivity index (χ1v) is 6.43. The molecule has 1 aromatic carbocycles. The number of likely N-dealkylation sites (N-methyl/N-ethyl adjacent to an activating group) is 1. The molecule has 1 rings (SSSR count). The Labute approximate surface area is 116 Å². The van der Waals surface area contributed by atoms with Gasteiger partial charge < -0.3 is 4.90 Å². The summed E-state index contributed by atoms with van der Waals surface area (Å²) in [4.78, 5) is 16.6. The van der Waals surface area contributed by atoms with Crippen molar-refractivity contribution in [2.24, 2.45) is 0 Å². The molecule has 3 nitrogen and oxygen atoms in total. The van der Waals surface area contributed by atoms with E-state index in [1.807, 2.05) is 69.2 Å². The maximum Gasteiger partial charge on any atom is 0.183 e. The lowest BCUT2D eigenvalue weighted by atomic mass is 9.87. The van der Waals surface area contributed by atoms with Crippen molar-refractivity contribution in [1.82, 2.24) is 4.90 Å². The fourth-order valence-corrected chi connectivity index (χ4v) is 1.98. The summed E-state index contributed by atoms with van der Waals surface area (Å²) in [6.45, 7) is 5.71. The monoisotopic (exact) mass is 260 g/mol. The van der Waals surface area contributed by atoms with E-state index < -0.39 is 5.54 Å². The quantitative estimate of drug-likeness (QED) is 0.580. The third-order valence-electron chi connectivity index (χ3n) is 3.66. The van der Waals surface area contributed by atoms with Crippen molar-refractivity contribution >= 4 is 11.5 Å². The highest BCUT2D eigenvalue weighted by Gasteiger charge is 2.34. The molecule has 0 aliphatic carbocycles. The maximum atomic E-state index is 12.7. The zero-order chi connectivity index (χ0) is 14.6. The predicted octanol–water partition coefficient (Wildman–Crippen LogP) is 2.83. The average molecular weight is 260 g/mol. The van der Waals surface area contributed by atoms with Crippen LogP contribution in [0.2, 0.25) is 0 Å². The van der Waals surface area contributed by atoms with Crippen LogP contribution in [0.5, 0.6) is 0 Å². The molecule has 0 fully saturated rings. The van der Waals surface area contributed by atoms with Crippen LogP contribution in [0.1, 0.15) is 23.7 Å². The number of carbonyl (C=O) groups is 1. The fraction of sp³-hybridized carbons (Fsp3) is 0.438. The Morgan fingerprint density at radius 1 is 1.21 bits per heavy atom. The molecule has 0 saturated carbocycles. The third-order valence-corrected chi connectivity index (χ3v) is 3.66. The van der Waals surface area contributed by atoms with Gasteiger partial charge in [0.25, 0.3) is 0 Å². The minimum Gasteiger partial charge on any atom is -0.378 e. The molecule has 3 heteroatoms. The first-order chi connectivity index (χ1) is 8.82. The predicted molar refractivity (Wildman–Crippen MR) is 82.0 cm³/mol. The molecule has 0 aliphatic rings. The summed E-state index contributed by atoms with van der Waals surface area (Å²) in [5.41, 5.74) is 1.29. The van der Waals surface area contributed by atoms with Gasteiger partial charge in [0.1, 0.15) is 0 Å². The standard InChI is InChI=1S/C16H24N2O/c1-7-12-16(2,18(5)6)15(19)13-8-10-14(11-9-13)17(3)4/h7-11H,1,12H2,2-6H3. The Bertz CT molecular complexity index is 448. The summed E-state index contributed by atoms with van der Waals surface area (Å²) in [7, 11) is 7.82. The van der Waals surface area contributed by atoms with Gasteiger partial charge >= 0.3 is 0 Å². The highest BCUT2D eigenvalue weighted by atomic mass is 16.1. The van der Waals surface area contributed by atoms with Gasteiger partial charge in [-0.2, -0.15) is 0 Å². The van der Waals surface area contributed by atoms with Crippen molar-refractivity contribution in [3.8, 4) is 0 Å². The Kier molecular flexibility index (Phi) is 4.90. The van der Waals surface area contributed by atoms with E-state index >= 15 is 0 Å². The lowest BCUT2D eigenvalue weighted by molar-refractivity contribution is 0.0725. The van der Waals surface area contributed by atoms with Crippen LogP contribution in [0.4, 0.5) is 5.69 Å². The lowest BCUT2D eigenvalue weighted by Crippen LogP contribution is -2.48. The van der Waals surface area contributed by atoms with E-state index in [2.05, 4.69) is 6.58 Å². The minimum absolute atomic E-state index is 0.128. The minimum atomic E-state index is -0.540. The highest BCUT2D eigenvalue weighted by Crippen LogP contribution is 2.24. The summed E-state index contributed by atoms with van der Waals surface area (Å²) >= 11 is 0. The van der Waals surface area contributed by atoms with Gasteiger partial charge in [-0.25, -0.2) is 0 Å². The molecule has 0 saturated heterocycles. The number of nitrogens with zero attached hydrogens (tertiary/aromatic N) is 2. The van der Waals surface area contributed by atoms with E-state index in [1.54, 1.807) is 6.08 Å². The number of hydrogen-bond acceptors (Lipinski definition) is 3. The van der Waals surface area contributed by atoms with Crippen molar-refractivity contribution in [3.05, 3.63) is 42.5 Å². The molecule has 1 unspecified atom stereocenters. The number of Topliss-reactive ketones (excluding diaryl/α,β-unsaturated/α-hetero) is 1. The van der Waals surface area contributed by atoms with Crippen LogP contribution < -0.4 is 4.90 Å². The van der Waals surface area contributed by atoms with E-state index in [9.17, 15) is 4.79 Å². The van der Waals surface area contributed by atoms with E-state index in [0.29, 0.717) is 6.42 Å². The largest absolute Gasteiger partial charge is 0.378 e. The summed E-state index contributed by atoms with van der Waals surface area (Å²) in [5, 5.41) is 0. The van der Waals surface area contributed by atoms with Crippen molar-refractivity contribution in [2.75, 3.05) is 33.1 Å². The molecule has 0 heterocycles. The third kappa shape index (κ3) is 3.24. The van der Waals surface area contributed by atoms with E-state index in [1.165, 1.54) is 0 Å². The van der Waals surface area contributed by atoms with Gasteiger partial charge in [-0.05, 0) is 51.7 Å². The SMILES string of the molecule is C=CCC(C)(C(=O)c1ccc(N(C)C)cc1)N(C)C. The van der Waals surface area contributed by atoms with Crippen LogP contribution in [0.3, 0.4) is 0 Å². The van der Waals surface area contributed by atoms with Crippen molar-refractivity contribution in [3.63, 3.8) is 0 Å². The Hall–Kier alpha value is -1.61. The molecule has 0 N–H and O–H groups in total. The molecular weight excluding hydrogens is 236 g/mol. The first-order valence-electron chi connectivity index (χ1n) is 6.43. The lowest BCUT2D eigenvalue weighted by Gasteiger charge is -2.34. The number of benzene rings is 1. The van der Waals surface area contributed by atoms with Crippen LogP contribution in [0, 0.1) is 0 Å². The van der Waals surface area contributed by atoms with E-state index in [4.69, 9.17) is 0 Å². The van der Waals surface area contributed by atoms with Gasteiger partial charge in [-0.3, -0.25) is 9.69 Å². The first kappa shape index (κ1) is 15.4. The molecule has 104 valence electrons. The Balaban J connectivity index is 3.07. The number of anilines is 1. The normalized spacial score (nSPS) is 14.0. The second-order valence-corrected chi connectivity index (χ2v) is 5.43. The van der Waals surface area contributed by atoms with Gasteiger partial charge in [0.15, 0.2) is 5.78 Å².